The summed E-state index contributed by atoms with van der Waals surface area (Å²) in [5.74, 6) is 0.114. The first-order chi connectivity index (χ1) is 13.3. The molecule has 0 bridgehead atoms. The third-order valence-corrected chi connectivity index (χ3v) is 4.06. The molecule has 0 aliphatic rings. The van der Waals surface area contributed by atoms with Gasteiger partial charge in [-0.2, -0.15) is 13.2 Å². The molecule has 2 heterocycles. The zero-order valence-electron chi connectivity index (χ0n) is 14.5. The first-order valence-corrected chi connectivity index (χ1v) is 8.25. The number of benzene rings is 2. The van der Waals surface area contributed by atoms with Gasteiger partial charge in [-0.1, -0.05) is 12.1 Å². The average molecular weight is 386 g/mol. The summed E-state index contributed by atoms with van der Waals surface area (Å²) in [4.78, 5) is 16.6. The van der Waals surface area contributed by atoms with Crippen LogP contribution in [0.5, 0.6) is 0 Å². The summed E-state index contributed by atoms with van der Waals surface area (Å²) in [6, 6.07) is 12.6. The molecule has 0 unspecified atom stereocenters. The zero-order chi connectivity index (χ0) is 19.9. The Hall–Kier alpha value is -3.55. The van der Waals surface area contributed by atoms with Crippen molar-refractivity contribution in [3.8, 4) is 11.3 Å². The summed E-state index contributed by atoms with van der Waals surface area (Å²) in [5.41, 5.74) is 1.11. The Morgan fingerprint density at radius 1 is 1.04 bits per heavy atom. The van der Waals surface area contributed by atoms with Gasteiger partial charge in [0, 0.05) is 24.2 Å². The molecule has 1 amide bonds. The summed E-state index contributed by atoms with van der Waals surface area (Å²) < 4.78 is 49.5. The summed E-state index contributed by atoms with van der Waals surface area (Å²) >= 11 is 0. The Bertz CT molecular complexity index is 1170. The lowest BCUT2D eigenvalue weighted by Crippen LogP contribution is -2.10. The topological polar surface area (TPSA) is 68.3 Å². The van der Waals surface area contributed by atoms with Crippen LogP contribution in [0.1, 0.15) is 22.0 Å². The fraction of sp³-hybridized carbons (Fsp3) is 0.100. The van der Waals surface area contributed by atoms with Crippen molar-refractivity contribution < 1.29 is 26.8 Å². The number of aryl methyl sites for hydroxylation is 1. The predicted octanol–water partition coefficient (Wildman–Crippen LogP) is 5.67. The van der Waals surface area contributed by atoms with E-state index in [9.17, 15) is 18.0 Å². The van der Waals surface area contributed by atoms with E-state index in [1.54, 1.807) is 25.1 Å². The van der Waals surface area contributed by atoms with Gasteiger partial charge in [0.05, 0.1) is 5.56 Å². The molecule has 4 rings (SSSR count). The SMILES string of the molecule is Cc1nc2ccc(NC(=O)c3ccc(-c4cccc(C(F)(F)F)c4)o3)cc2o1. The van der Waals surface area contributed by atoms with E-state index in [4.69, 9.17) is 8.83 Å². The number of rotatable bonds is 3. The van der Waals surface area contributed by atoms with Crippen LogP contribution in [0, 0.1) is 6.92 Å². The maximum atomic E-state index is 12.9. The minimum absolute atomic E-state index is 0.0266. The Labute approximate surface area is 156 Å². The summed E-state index contributed by atoms with van der Waals surface area (Å²) in [6.07, 6.45) is -4.46. The van der Waals surface area contributed by atoms with Crippen LogP contribution in [0.4, 0.5) is 18.9 Å². The van der Waals surface area contributed by atoms with Crippen LogP contribution < -0.4 is 5.32 Å². The molecule has 2 aromatic carbocycles. The molecule has 0 fully saturated rings. The molecule has 8 heteroatoms. The van der Waals surface area contributed by atoms with Crippen LogP contribution >= 0.6 is 0 Å². The van der Waals surface area contributed by atoms with Crippen molar-refractivity contribution in [2.24, 2.45) is 0 Å². The first kappa shape index (κ1) is 17.8. The van der Waals surface area contributed by atoms with Crippen LogP contribution in [-0.4, -0.2) is 10.9 Å². The Morgan fingerprint density at radius 2 is 1.86 bits per heavy atom. The van der Waals surface area contributed by atoms with Gasteiger partial charge in [0.2, 0.25) is 0 Å². The standard InChI is InChI=1S/C20H13F3N2O3/c1-11-24-15-6-5-14(10-18(15)27-11)25-19(26)17-8-7-16(28-17)12-3-2-4-13(9-12)20(21,22)23/h2-10H,1H3,(H,25,26). The van der Waals surface area contributed by atoms with Crippen molar-refractivity contribution in [3.63, 3.8) is 0 Å². The largest absolute Gasteiger partial charge is 0.451 e. The number of anilines is 1. The normalized spacial score (nSPS) is 11.7. The van der Waals surface area contributed by atoms with Crippen molar-refractivity contribution in [3.05, 3.63) is 71.8 Å². The molecule has 5 nitrogen and oxygen atoms in total. The van der Waals surface area contributed by atoms with Gasteiger partial charge < -0.3 is 14.2 Å². The maximum absolute atomic E-state index is 12.9. The Balaban J connectivity index is 1.55. The molecule has 0 aliphatic carbocycles. The monoisotopic (exact) mass is 386 g/mol. The van der Waals surface area contributed by atoms with E-state index in [1.165, 1.54) is 24.3 Å². The van der Waals surface area contributed by atoms with Gasteiger partial charge in [-0.05, 0) is 36.4 Å². The minimum Gasteiger partial charge on any atom is -0.451 e. The Kier molecular flexibility index (Phi) is 4.18. The van der Waals surface area contributed by atoms with E-state index in [0.717, 1.165) is 12.1 Å². The quantitative estimate of drug-likeness (QED) is 0.493. The molecule has 0 spiro atoms. The smallest absolute Gasteiger partial charge is 0.416 e. The fourth-order valence-electron chi connectivity index (χ4n) is 2.77. The summed E-state index contributed by atoms with van der Waals surface area (Å²) in [6.45, 7) is 1.72. The molecular formula is C20H13F3N2O3. The number of nitrogens with one attached hydrogen (secondary N) is 1. The number of nitrogens with zero attached hydrogens (tertiary/aromatic N) is 1. The average Bonchev–Trinajstić information content (AvgIpc) is 3.27. The third-order valence-electron chi connectivity index (χ3n) is 4.06. The predicted molar refractivity (Wildman–Crippen MR) is 95.8 cm³/mol. The number of alkyl halides is 3. The van der Waals surface area contributed by atoms with Crippen molar-refractivity contribution in [2.45, 2.75) is 13.1 Å². The molecule has 142 valence electrons. The second-order valence-electron chi connectivity index (χ2n) is 6.11. The number of halogens is 3. The highest BCUT2D eigenvalue weighted by atomic mass is 19.4. The number of oxazole rings is 1. The van der Waals surface area contributed by atoms with Crippen molar-refractivity contribution in [1.82, 2.24) is 4.98 Å². The van der Waals surface area contributed by atoms with E-state index in [-0.39, 0.29) is 17.1 Å². The van der Waals surface area contributed by atoms with Crippen LogP contribution in [-0.2, 0) is 6.18 Å². The van der Waals surface area contributed by atoms with Gasteiger partial charge in [0.25, 0.3) is 5.91 Å². The lowest BCUT2D eigenvalue weighted by molar-refractivity contribution is -0.137. The van der Waals surface area contributed by atoms with Gasteiger partial charge in [0.1, 0.15) is 11.3 Å². The highest BCUT2D eigenvalue weighted by Crippen LogP contribution is 2.32. The van der Waals surface area contributed by atoms with Gasteiger partial charge in [-0.25, -0.2) is 4.98 Å². The Morgan fingerprint density at radius 3 is 2.64 bits per heavy atom. The van der Waals surface area contributed by atoms with Crippen molar-refractivity contribution in [2.75, 3.05) is 5.32 Å². The minimum atomic E-state index is -4.46. The maximum Gasteiger partial charge on any atom is 0.416 e. The van der Waals surface area contributed by atoms with Crippen molar-refractivity contribution in [1.29, 1.82) is 0 Å². The molecule has 0 atom stereocenters. The summed E-state index contributed by atoms with van der Waals surface area (Å²) in [7, 11) is 0. The molecule has 0 aliphatic heterocycles. The van der Waals surface area contributed by atoms with E-state index < -0.39 is 17.6 Å². The van der Waals surface area contributed by atoms with Crippen LogP contribution in [0.2, 0.25) is 0 Å². The number of carbonyl (C=O) groups is 1. The van der Waals surface area contributed by atoms with E-state index in [1.807, 2.05) is 0 Å². The highest BCUT2D eigenvalue weighted by Gasteiger charge is 2.30. The molecule has 0 radical (unpaired) electrons. The van der Waals surface area contributed by atoms with E-state index in [2.05, 4.69) is 10.3 Å². The first-order valence-electron chi connectivity index (χ1n) is 8.25. The third kappa shape index (κ3) is 3.48. The number of furan rings is 1. The van der Waals surface area contributed by atoms with Gasteiger partial charge in [-0.3, -0.25) is 4.79 Å². The molecule has 28 heavy (non-hydrogen) atoms. The number of hydrogen-bond donors (Lipinski definition) is 1. The number of carbonyl (C=O) groups excluding carboxylic acids is 1. The highest BCUT2D eigenvalue weighted by molar-refractivity contribution is 6.03. The molecule has 0 saturated heterocycles. The van der Waals surface area contributed by atoms with Gasteiger partial charge >= 0.3 is 6.18 Å². The van der Waals surface area contributed by atoms with E-state index >= 15 is 0 Å². The zero-order valence-corrected chi connectivity index (χ0v) is 14.5. The number of hydrogen-bond acceptors (Lipinski definition) is 4. The van der Waals surface area contributed by atoms with Crippen LogP contribution in [0.3, 0.4) is 0 Å². The second kappa shape index (κ2) is 6.56. The van der Waals surface area contributed by atoms with E-state index in [0.29, 0.717) is 22.7 Å². The van der Waals surface area contributed by atoms with Crippen LogP contribution in [0.25, 0.3) is 22.4 Å². The number of aromatic nitrogens is 1. The van der Waals surface area contributed by atoms with Crippen LogP contribution in [0.15, 0.2) is 63.4 Å². The lowest BCUT2D eigenvalue weighted by Gasteiger charge is -2.07. The number of fused-ring (bicyclic) bond motifs is 1. The van der Waals surface area contributed by atoms with Gasteiger partial charge in [-0.15, -0.1) is 0 Å². The summed E-state index contributed by atoms with van der Waals surface area (Å²) in [5, 5.41) is 2.66. The molecule has 2 aromatic heterocycles. The molecular weight excluding hydrogens is 373 g/mol. The molecule has 1 N–H and O–H groups in total. The van der Waals surface area contributed by atoms with Crippen molar-refractivity contribution >= 4 is 22.7 Å². The second-order valence-corrected chi connectivity index (χ2v) is 6.11. The fourth-order valence-corrected chi connectivity index (χ4v) is 2.77. The molecule has 0 saturated carbocycles. The lowest BCUT2D eigenvalue weighted by atomic mass is 10.1. The number of amides is 1. The van der Waals surface area contributed by atoms with Gasteiger partial charge in [0.15, 0.2) is 17.2 Å². The molecule has 4 aromatic rings.